The molecule has 4 nitrogen and oxygen atoms in total. The van der Waals surface area contributed by atoms with E-state index < -0.39 is 5.97 Å². The normalized spacial score (nSPS) is 11.7. The molecular formula is C10H15NO3S. The van der Waals surface area contributed by atoms with Gasteiger partial charge in [0.1, 0.15) is 0 Å². The van der Waals surface area contributed by atoms with Crippen LogP contribution in [-0.2, 0) is 5.41 Å². The highest BCUT2D eigenvalue weighted by Gasteiger charge is 2.24. The summed E-state index contributed by atoms with van der Waals surface area (Å²) in [6.07, 6.45) is 1.51. The maximum atomic E-state index is 10.7. The molecule has 0 aliphatic carbocycles. The average molecular weight is 229 g/mol. The number of carbonyl (C=O) groups is 1. The van der Waals surface area contributed by atoms with Crippen molar-refractivity contribution in [3.63, 3.8) is 0 Å². The number of rotatable bonds is 5. The summed E-state index contributed by atoms with van der Waals surface area (Å²) >= 11 is 1.36. The standard InChI is InChI=1S/C10H15NO3S/c1-10(2,4-3-5-12)9-11-7(6-15-9)8(13)14/h6,12H,3-5H2,1-2H3,(H,13,14). The Hall–Kier alpha value is -0.940. The van der Waals surface area contributed by atoms with Gasteiger partial charge in [0.15, 0.2) is 5.69 Å². The van der Waals surface area contributed by atoms with Gasteiger partial charge in [-0.2, -0.15) is 0 Å². The van der Waals surface area contributed by atoms with Crippen LogP contribution in [0.3, 0.4) is 0 Å². The minimum absolute atomic E-state index is 0.104. The van der Waals surface area contributed by atoms with E-state index in [0.717, 1.165) is 11.4 Å². The summed E-state index contributed by atoms with van der Waals surface area (Å²) < 4.78 is 0. The van der Waals surface area contributed by atoms with Crippen LogP contribution in [0.4, 0.5) is 0 Å². The van der Waals surface area contributed by atoms with Crippen LogP contribution in [-0.4, -0.2) is 27.8 Å². The number of aliphatic hydroxyl groups is 1. The molecule has 15 heavy (non-hydrogen) atoms. The van der Waals surface area contributed by atoms with Gasteiger partial charge in [-0.1, -0.05) is 13.8 Å². The number of nitrogens with zero attached hydrogens (tertiary/aromatic N) is 1. The van der Waals surface area contributed by atoms with Crippen molar-refractivity contribution in [3.05, 3.63) is 16.1 Å². The Kier molecular flexibility index (Phi) is 3.82. The minimum Gasteiger partial charge on any atom is -0.476 e. The first-order valence-corrected chi connectivity index (χ1v) is 5.65. The lowest BCUT2D eigenvalue weighted by atomic mass is 9.89. The van der Waals surface area contributed by atoms with Gasteiger partial charge < -0.3 is 10.2 Å². The smallest absolute Gasteiger partial charge is 0.355 e. The molecular weight excluding hydrogens is 214 g/mol. The van der Waals surface area contributed by atoms with Crippen LogP contribution in [0.1, 0.15) is 42.2 Å². The maximum absolute atomic E-state index is 10.7. The molecule has 1 aromatic rings. The van der Waals surface area contributed by atoms with Crippen molar-refractivity contribution in [3.8, 4) is 0 Å². The second-order valence-electron chi connectivity index (χ2n) is 4.05. The Labute approximate surface area is 92.6 Å². The third-order valence-corrected chi connectivity index (χ3v) is 3.47. The summed E-state index contributed by atoms with van der Waals surface area (Å²) in [5, 5.41) is 19.9. The van der Waals surface area contributed by atoms with Crippen LogP contribution in [0.15, 0.2) is 5.38 Å². The van der Waals surface area contributed by atoms with E-state index in [1.54, 1.807) is 5.38 Å². The number of carboxylic acids is 1. The van der Waals surface area contributed by atoms with Crippen molar-refractivity contribution in [2.45, 2.75) is 32.1 Å². The van der Waals surface area contributed by atoms with Crippen molar-refractivity contribution < 1.29 is 15.0 Å². The molecule has 0 saturated carbocycles. The summed E-state index contributed by atoms with van der Waals surface area (Å²) in [7, 11) is 0. The van der Waals surface area contributed by atoms with E-state index in [0.29, 0.717) is 6.42 Å². The highest BCUT2D eigenvalue weighted by atomic mass is 32.1. The molecule has 0 atom stereocenters. The fourth-order valence-corrected chi connectivity index (χ4v) is 2.26. The van der Waals surface area contributed by atoms with Gasteiger partial charge in [0.05, 0.1) is 5.01 Å². The third-order valence-electron chi connectivity index (χ3n) is 2.26. The van der Waals surface area contributed by atoms with E-state index in [9.17, 15) is 4.79 Å². The lowest BCUT2D eigenvalue weighted by Crippen LogP contribution is -2.17. The predicted octanol–water partition coefficient (Wildman–Crippen LogP) is 1.89. The molecule has 0 fully saturated rings. The van der Waals surface area contributed by atoms with E-state index in [-0.39, 0.29) is 17.7 Å². The summed E-state index contributed by atoms with van der Waals surface area (Å²) in [6, 6.07) is 0. The van der Waals surface area contributed by atoms with Gasteiger partial charge in [0.25, 0.3) is 0 Å². The third kappa shape index (κ3) is 3.00. The molecule has 2 N–H and O–H groups in total. The number of hydrogen-bond acceptors (Lipinski definition) is 4. The molecule has 0 aromatic carbocycles. The highest BCUT2D eigenvalue weighted by Crippen LogP contribution is 2.30. The zero-order valence-corrected chi connectivity index (χ0v) is 9.67. The Morgan fingerprint density at radius 3 is 2.73 bits per heavy atom. The van der Waals surface area contributed by atoms with Gasteiger partial charge in [-0.3, -0.25) is 0 Å². The lowest BCUT2D eigenvalue weighted by molar-refractivity contribution is 0.0691. The molecule has 5 heteroatoms. The Morgan fingerprint density at radius 1 is 1.60 bits per heavy atom. The molecule has 0 amide bonds. The van der Waals surface area contributed by atoms with Gasteiger partial charge in [0.2, 0.25) is 0 Å². The molecule has 0 bridgehead atoms. The number of hydrogen-bond donors (Lipinski definition) is 2. The Morgan fingerprint density at radius 2 is 2.27 bits per heavy atom. The molecule has 1 aromatic heterocycles. The van der Waals surface area contributed by atoms with E-state index in [1.807, 2.05) is 13.8 Å². The van der Waals surface area contributed by atoms with Crippen LogP contribution >= 0.6 is 11.3 Å². The molecule has 0 spiro atoms. The fourth-order valence-electron chi connectivity index (χ4n) is 1.31. The SMILES string of the molecule is CC(C)(CCCO)c1nc(C(=O)O)cs1. The largest absolute Gasteiger partial charge is 0.476 e. The number of aromatic carboxylic acids is 1. The first kappa shape index (κ1) is 12.1. The van der Waals surface area contributed by atoms with Gasteiger partial charge in [-0.05, 0) is 12.8 Å². The van der Waals surface area contributed by atoms with Crippen molar-refractivity contribution in [2.75, 3.05) is 6.61 Å². The van der Waals surface area contributed by atoms with E-state index >= 15 is 0 Å². The monoisotopic (exact) mass is 229 g/mol. The van der Waals surface area contributed by atoms with Crippen molar-refractivity contribution in [2.24, 2.45) is 0 Å². The van der Waals surface area contributed by atoms with E-state index in [4.69, 9.17) is 10.2 Å². The summed E-state index contributed by atoms with van der Waals surface area (Å²) in [5.74, 6) is -0.990. The zero-order chi connectivity index (χ0) is 11.5. The molecule has 0 aliphatic heterocycles. The number of aliphatic hydroxyl groups excluding tert-OH is 1. The Balaban J connectivity index is 2.80. The molecule has 0 unspecified atom stereocenters. The fraction of sp³-hybridized carbons (Fsp3) is 0.600. The second kappa shape index (κ2) is 4.72. The highest BCUT2D eigenvalue weighted by molar-refractivity contribution is 7.10. The van der Waals surface area contributed by atoms with E-state index in [2.05, 4.69) is 4.98 Å². The molecule has 1 rings (SSSR count). The van der Waals surface area contributed by atoms with Crippen molar-refractivity contribution >= 4 is 17.3 Å². The van der Waals surface area contributed by atoms with E-state index in [1.165, 1.54) is 11.3 Å². The average Bonchev–Trinajstić information content (AvgIpc) is 2.64. The zero-order valence-electron chi connectivity index (χ0n) is 8.86. The van der Waals surface area contributed by atoms with Crippen LogP contribution in [0.5, 0.6) is 0 Å². The maximum Gasteiger partial charge on any atom is 0.355 e. The van der Waals surface area contributed by atoms with Gasteiger partial charge in [-0.15, -0.1) is 11.3 Å². The number of aromatic nitrogens is 1. The van der Waals surface area contributed by atoms with Crippen molar-refractivity contribution in [1.82, 2.24) is 4.98 Å². The topological polar surface area (TPSA) is 70.4 Å². The minimum atomic E-state index is -0.990. The lowest BCUT2D eigenvalue weighted by Gasteiger charge is -2.20. The quantitative estimate of drug-likeness (QED) is 0.809. The van der Waals surface area contributed by atoms with Crippen LogP contribution in [0.2, 0.25) is 0 Å². The van der Waals surface area contributed by atoms with Crippen LogP contribution in [0, 0.1) is 0 Å². The van der Waals surface area contributed by atoms with Crippen molar-refractivity contribution in [1.29, 1.82) is 0 Å². The predicted molar refractivity (Wildman–Crippen MR) is 58.4 cm³/mol. The molecule has 84 valence electrons. The van der Waals surface area contributed by atoms with Gasteiger partial charge in [-0.25, -0.2) is 9.78 Å². The first-order valence-electron chi connectivity index (χ1n) is 4.77. The second-order valence-corrected chi connectivity index (χ2v) is 4.91. The molecule has 0 saturated heterocycles. The molecule has 0 radical (unpaired) electrons. The summed E-state index contributed by atoms with van der Waals surface area (Å²) in [4.78, 5) is 14.7. The van der Waals surface area contributed by atoms with Crippen LogP contribution in [0.25, 0.3) is 0 Å². The number of thiazole rings is 1. The Bertz CT molecular complexity index is 346. The van der Waals surface area contributed by atoms with Crippen LogP contribution < -0.4 is 0 Å². The molecule has 1 heterocycles. The first-order chi connectivity index (χ1) is 6.97. The summed E-state index contributed by atoms with van der Waals surface area (Å²) in [5.41, 5.74) is -0.0618. The van der Waals surface area contributed by atoms with Gasteiger partial charge in [0, 0.05) is 17.4 Å². The number of carboxylic acid groups (broad SMARTS) is 1. The summed E-state index contributed by atoms with van der Waals surface area (Å²) in [6.45, 7) is 4.17. The van der Waals surface area contributed by atoms with Gasteiger partial charge >= 0.3 is 5.97 Å². The molecule has 0 aliphatic rings.